The van der Waals surface area contributed by atoms with Crippen molar-refractivity contribution in [3.63, 3.8) is 0 Å². The van der Waals surface area contributed by atoms with E-state index in [1.165, 1.54) is 0 Å². The lowest BCUT2D eigenvalue weighted by Gasteiger charge is -2.11. The van der Waals surface area contributed by atoms with Crippen LogP contribution < -0.4 is 16.3 Å². The number of carbonyl (C=O) groups excluding carboxylic acids is 1. The molecule has 1 aromatic heterocycles. The van der Waals surface area contributed by atoms with Crippen molar-refractivity contribution in [2.45, 2.75) is 0 Å². The predicted molar refractivity (Wildman–Crippen MR) is 96.7 cm³/mol. The highest BCUT2D eigenvalue weighted by molar-refractivity contribution is 9.10. The number of amides is 1. The van der Waals surface area contributed by atoms with Gasteiger partial charge in [0, 0.05) is 10.0 Å². The van der Waals surface area contributed by atoms with Crippen LogP contribution in [0.1, 0.15) is 10.4 Å². The Balaban J connectivity index is 1.76. The molecule has 0 spiro atoms. The van der Waals surface area contributed by atoms with Crippen LogP contribution in [0.2, 0.25) is 0 Å². The molecule has 0 saturated heterocycles. The summed E-state index contributed by atoms with van der Waals surface area (Å²) in [5, 5.41) is 5.70. The van der Waals surface area contributed by atoms with E-state index in [2.05, 4.69) is 36.5 Å². The number of fused-ring (bicyclic) bond motifs is 1. The smallest absolute Gasteiger partial charge is 0.323 e. The topological polar surface area (TPSA) is 89.8 Å². The van der Waals surface area contributed by atoms with Crippen LogP contribution in [0.4, 0.5) is 5.69 Å². The minimum atomic E-state index is -0.296. The molecule has 0 fully saturated rings. The molecule has 1 heterocycles. The van der Waals surface area contributed by atoms with Gasteiger partial charge >= 0.3 is 5.69 Å². The second kappa shape index (κ2) is 6.35. The molecule has 0 aliphatic heterocycles. The molecule has 3 aromatic rings. The Kier molecular flexibility index (Phi) is 4.26. The van der Waals surface area contributed by atoms with Crippen molar-refractivity contribution in [1.29, 1.82) is 0 Å². The number of nitrogens with one attached hydrogen (secondary N) is 4. The Morgan fingerprint density at radius 3 is 2.43 bits per heavy atom. The molecule has 0 unspecified atom stereocenters. The number of H-pyrrole nitrogens is 2. The monoisotopic (exact) mass is 390 g/mol. The fraction of sp³-hybridized carbons (Fsp3) is 0. The Labute approximate surface area is 144 Å². The SMILES string of the molecule is O=C(NC(=S)Nc1cc2[nH]c(=O)[nH]c2cc1Br)c1ccccc1. The summed E-state index contributed by atoms with van der Waals surface area (Å²) in [4.78, 5) is 28.7. The Morgan fingerprint density at radius 2 is 1.74 bits per heavy atom. The van der Waals surface area contributed by atoms with Gasteiger partial charge in [-0.2, -0.15) is 0 Å². The van der Waals surface area contributed by atoms with Crippen LogP contribution >= 0.6 is 28.1 Å². The maximum absolute atomic E-state index is 12.0. The number of hydrogen-bond acceptors (Lipinski definition) is 3. The van der Waals surface area contributed by atoms with Crippen LogP contribution in [-0.2, 0) is 0 Å². The number of carbonyl (C=O) groups is 1. The molecule has 0 aliphatic carbocycles. The van der Waals surface area contributed by atoms with Crippen LogP contribution in [0.3, 0.4) is 0 Å². The van der Waals surface area contributed by atoms with Crippen LogP contribution in [0.25, 0.3) is 11.0 Å². The van der Waals surface area contributed by atoms with Gasteiger partial charge in [0.1, 0.15) is 0 Å². The van der Waals surface area contributed by atoms with E-state index in [0.29, 0.717) is 26.8 Å². The van der Waals surface area contributed by atoms with Crippen molar-refractivity contribution in [2.75, 3.05) is 5.32 Å². The number of rotatable bonds is 2. The largest absolute Gasteiger partial charge is 0.331 e. The Bertz CT molecular complexity index is 949. The van der Waals surface area contributed by atoms with E-state index < -0.39 is 0 Å². The molecular weight excluding hydrogens is 380 g/mol. The zero-order valence-corrected chi connectivity index (χ0v) is 14.0. The summed E-state index contributed by atoms with van der Waals surface area (Å²) in [6, 6.07) is 12.2. The number of thiocarbonyl (C=S) groups is 1. The van der Waals surface area contributed by atoms with Gasteiger partial charge in [0.05, 0.1) is 16.7 Å². The van der Waals surface area contributed by atoms with Gasteiger partial charge in [-0.05, 0) is 52.4 Å². The fourth-order valence-electron chi connectivity index (χ4n) is 2.07. The van der Waals surface area contributed by atoms with E-state index in [1.54, 1.807) is 36.4 Å². The number of aromatic amines is 2. The standard InChI is InChI=1S/C15H11BrN4O2S/c16-9-6-11-12(18-14(22)17-11)7-10(9)19-15(23)20-13(21)8-4-2-1-3-5-8/h1-7H,(H2,17,18,22)(H2,19,20,21,23). The number of aromatic nitrogens is 2. The minimum Gasteiger partial charge on any atom is -0.331 e. The van der Waals surface area contributed by atoms with E-state index in [1.807, 2.05) is 6.07 Å². The van der Waals surface area contributed by atoms with Crippen molar-refractivity contribution in [1.82, 2.24) is 15.3 Å². The average Bonchev–Trinajstić information content (AvgIpc) is 2.87. The van der Waals surface area contributed by atoms with Gasteiger partial charge in [-0.15, -0.1) is 0 Å². The molecule has 6 nitrogen and oxygen atoms in total. The summed E-state index contributed by atoms with van der Waals surface area (Å²) in [6.07, 6.45) is 0. The third-order valence-corrected chi connectivity index (χ3v) is 3.98. The van der Waals surface area contributed by atoms with Gasteiger partial charge in [0.15, 0.2) is 5.11 Å². The summed E-state index contributed by atoms with van der Waals surface area (Å²) >= 11 is 8.55. The van der Waals surface area contributed by atoms with Crippen molar-refractivity contribution in [3.05, 3.63) is 63.0 Å². The Hall–Kier alpha value is -2.45. The fourth-order valence-corrected chi connectivity index (χ4v) is 2.72. The van der Waals surface area contributed by atoms with E-state index in [9.17, 15) is 9.59 Å². The maximum Gasteiger partial charge on any atom is 0.323 e. The van der Waals surface area contributed by atoms with E-state index >= 15 is 0 Å². The molecule has 1 amide bonds. The third-order valence-electron chi connectivity index (χ3n) is 3.11. The molecule has 0 saturated carbocycles. The van der Waals surface area contributed by atoms with Crippen molar-refractivity contribution < 1.29 is 4.79 Å². The molecule has 0 bridgehead atoms. The number of imidazole rings is 1. The van der Waals surface area contributed by atoms with Gasteiger partial charge in [0.2, 0.25) is 0 Å². The Morgan fingerprint density at radius 1 is 1.09 bits per heavy atom. The highest BCUT2D eigenvalue weighted by atomic mass is 79.9. The molecule has 2 aromatic carbocycles. The molecule has 8 heteroatoms. The van der Waals surface area contributed by atoms with Gasteiger partial charge in [0.25, 0.3) is 5.91 Å². The van der Waals surface area contributed by atoms with Gasteiger partial charge in [-0.25, -0.2) is 4.79 Å². The number of benzene rings is 2. The summed E-state index contributed by atoms with van der Waals surface area (Å²) in [6.45, 7) is 0. The summed E-state index contributed by atoms with van der Waals surface area (Å²) < 4.78 is 0.705. The zero-order chi connectivity index (χ0) is 16.4. The molecule has 0 radical (unpaired) electrons. The van der Waals surface area contributed by atoms with Gasteiger partial charge < -0.3 is 15.3 Å². The summed E-state index contributed by atoms with van der Waals surface area (Å²) in [5.41, 5.74) is 2.17. The first kappa shape index (κ1) is 15.4. The lowest BCUT2D eigenvalue weighted by atomic mass is 10.2. The summed E-state index contributed by atoms with van der Waals surface area (Å²) in [7, 11) is 0. The highest BCUT2D eigenvalue weighted by Gasteiger charge is 2.10. The lowest BCUT2D eigenvalue weighted by Crippen LogP contribution is -2.34. The third kappa shape index (κ3) is 3.49. The maximum atomic E-state index is 12.0. The number of halogens is 1. The highest BCUT2D eigenvalue weighted by Crippen LogP contribution is 2.26. The minimum absolute atomic E-state index is 0.164. The van der Waals surface area contributed by atoms with Gasteiger partial charge in [-0.1, -0.05) is 18.2 Å². The van der Waals surface area contributed by atoms with Crippen molar-refractivity contribution >= 4 is 55.9 Å². The van der Waals surface area contributed by atoms with Crippen molar-refractivity contribution in [2.24, 2.45) is 0 Å². The quantitative estimate of drug-likeness (QED) is 0.506. The molecule has 0 aliphatic rings. The predicted octanol–water partition coefficient (Wildman–Crippen LogP) is 2.75. The first-order chi connectivity index (χ1) is 11.0. The normalized spacial score (nSPS) is 10.5. The molecule has 23 heavy (non-hydrogen) atoms. The van der Waals surface area contributed by atoms with Crippen LogP contribution in [-0.4, -0.2) is 21.0 Å². The number of hydrogen-bond donors (Lipinski definition) is 4. The molecule has 116 valence electrons. The van der Waals surface area contributed by atoms with E-state index in [-0.39, 0.29) is 16.7 Å². The molecule has 3 rings (SSSR count). The van der Waals surface area contributed by atoms with E-state index in [0.717, 1.165) is 0 Å². The van der Waals surface area contributed by atoms with Crippen molar-refractivity contribution in [3.8, 4) is 0 Å². The first-order valence-corrected chi connectivity index (χ1v) is 7.82. The number of anilines is 1. The van der Waals surface area contributed by atoms with Crippen LogP contribution in [0.5, 0.6) is 0 Å². The lowest BCUT2D eigenvalue weighted by molar-refractivity contribution is 0.0977. The first-order valence-electron chi connectivity index (χ1n) is 6.62. The van der Waals surface area contributed by atoms with Crippen LogP contribution in [0, 0.1) is 0 Å². The van der Waals surface area contributed by atoms with Crippen LogP contribution in [0.15, 0.2) is 51.7 Å². The molecular formula is C15H11BrN4O2S. The van der Waals surface area contributed by atoms with E-state index in [4.69, 9.17) is 12.2 Å². The summed E-state index contributed by atoms with van der Waals surface area (Å²) in [5.74, 6) is -0.296. The average molecular weight is 391 g/mol. The van der Waals surface area contributed by atoms with Gasteiger partial charge in [-0.3, -0.25) is 10.1 Å². The molecule has 0 atom stereocenters. The second-order valence-electron chi connectivity index (χ2n) is 4.73. The second-order valence-corrected chi connectivity index (χ2v) is 5.99. The molecule has 4 N–H and O–H groups in total. The zero-order valence-electron chi connectivity index (χ0n) is 11.6.